The summed E-state index contributed by atoms with van der Waals surface area (Å²) in [6.07, 6.45) is 5.40. The first-order valence-electron chi connectivity index (χ1n) is 10.7. The van der Waals surface area contributed by atoms with E-state index in [1.54, 1.807) is 18.9 Å². The maximum absolute atomic E-state index is 13.0. The molecule has 0 aromatic heterocycles. The molecule has 2 aliphatic rings. The van der Waals surface area contributed by atoms with E-state index in [9.17, 15) is 9.59 Å². The van der Waals surface area contributed by atoms with Crippen LogP contribution >= 0.6 is 11.8 Å². The van der Waals surface area contributed by atoms with Gasteiger partial charge in [0.15, 0.2) is 11.5 Å². The van der Waals surface area contributed by atoms with Crippen molar-refractivity contribution in [1.29, 1.82) is 0 Å². The fourth-order valence-electron chi connectivity index (χ4n) is 4.13. The Hall–Kier alpha value is -2.15. The van der Waals surface area contributed by atoms with E-state index in [1.807, 2.05) is 43.1 Å². The monoisotopic (exact) mass is 432 g/mol. The van der Waals surface area contributed by atoms with Crippen LogP contribution in [0.1, 0.15) is 45.1 Å². The van der Waals surface area contributed by atoms with Gasteiger partial charge in [0.25, 0.3) is 5.91 Å². The molecule has 0 bridgehead atoms. The lowest BCUT2D eigenvalue weighted by Crippen LogP contribution is -2.52. The topological polar surface area (TPSA) is 67.9 Å². The first kappa shape index (κ1) is 22.5. The Morgan fingerprint density at radius 2 is 2.10 bits per heavy atom. The van der Waals surface area contributed by atoms with E-state index in [2.05, 4.69) is 12.2 Å². The number of nitrogens with zero attached hydrogens (tertiary/aromatic N) is 1. The highest BCUT2D eigenvalue weighted by atomic mass is 32.2. The zero-order valence-electron chi connectivity index (χ0n) is 18.3. The molecule has 3 rings (SSSR count). The molecule has 2 amide bonds. The molecule has 0 radical (unpaired) electrons. The maximum atomic E-state index is 13.0. The van der Waals surface area contributed by atoms with Crippen LogP contribution in [-0.4, -0.2) is 55.3 Å². The van der Waals surface area contributed by atoms with Gasteiger partial charge < -0.3 is 19.7 Å². The zero-order chi connectivity index (χ0) is 21.7. The van der Waals surface area contributed by atoms with Gasteiger partial charge in [-0.25, -0.2) is 0 Å². The van der Waals surface area contributed by atoms with Gasteiger partial charge in [-0.2, -0.15) is 0 Å². The Morgan fingerprint density at radius 3 is 2.80 bits per heavy atom. The number of hydrogen-bond donors (Lipinski definition) is 1. The van der Waals surface area contributed by atoms with E-state index in [4.69, 9.17) is 9.47 Å². The van der Waals surface area contributed by atoms with Gasteiger partial charge in [-0.15, -0.1) is 11.8 Å². The summed E-state index contributed by atoms with van der Waals surface area (Å²) in [4.78, 5) is 28.0. The number of carbonyl (C=O) groups is 2. The summed E-state index contributed by atoms with van der Waals surface area (Å²) < 4.78 is 11.0. The smallest absolute Gasteiger partial charge is 0.260 e. The lowest BCUT2D eigenvalue weighted by molar-refractivity contribution is -0.131. The van der Waals surface area contributed by atoms with Crippen LogP contribution in [0.15, 0.2) is 23.1 Å². The number of amides is 2. The number of ether oxygens (including phenoxy) is 2. The van der Waals surface area contributed by atoms with E-state index in [0.29, 0.717) is 29.9 Å². The Morgan fingerprint density at radius 1 is 1.30 bits per heavy atom. The van der Waals surface area contributed by atoms with Gasteiger partial charge in [0.05, 0.1) is 18.6 Å². The highest BCUT2D eigenvalue weighted by molar-refractivity contribution is 8.04. The summed E-state index contributed by atoms with van der Waals surface area (Å²) in [5.41, 5.74) is 0.908. The number of carbonyl (C=O) groups excluding carboxylic acids is 2. The Kier molecular flexibility index (Phi) is 7.69. The number of thioether (sulfide) groups is 1. The van der Waals surface area contributed by atoms with Crippen molar-refractivity contribution in [3.05, 3.63) is 28.7 Å². The fraction of sp³-hybridized carbons (Fsp3) is 0.565. The van der Waals surface area contributed by atoms with Crippen LogP contribution in [0, 0.1) is 5.92 Å². The minimum atomic E-state index is -0.00505. The molecule has 1 aliphatic carbocycles. The van der Waals surface area contributed by atoms with E-state index in [0.717, 1.165) is 36.2 Å². The van der Waals surface area contributed by atoms with Gasteiger partial charge in [0.1, 0.15) is 0 Å². The van der Waals surface area contributed by atoms with Crippen molar-refractivity contribution >= 4 is 29.7 Å². The summed E-state index contributed by atoms with van der Waals surface area (Å²) >= 11 is 1.65. The fourth-order valence-corrected chi connectivity index (χ4v) is 5.61. The second kappa shape index (κ2) is 10.2. The normalized spacial score (nSPS) is 25.1. The maximum Gasteiger partial charge on any atom is 0.260 e. The number of hydrogen-bond acceptors (Lipinski definition) is 5. The van der Waals surface area contributed by atoms with Crippen LogP contribution in [0.4, 0.5) is 0 Å². The van der Waals surface area contributed by atoms with E-state index in [1.165, 1.54) is 0 Å². The number of benzene rings is 1. The van der Waals surface area contributed by atoms with Crippen LogP contribution in [0.25, 0.3) is 6.08 Å². The van der Waals surface area contributed by atoms with Crippen LogP contribution in [0.3, 0.4) is 0 Å². The Bertz CT molecular complexity index is 810. The van der Waals surface area contributed by atoms with Gasteiger partial charge in [0, 0.05) is 30.8 Å². The molecule has 30 heavy (non-hydrogen) atoms. The Balaban J connectivity index is 1.74. The number of fused-ring (bicyclic) bond motifs is 1. The molecule has 7 heteroatoms. The molecule has 2 fully saturated rings. The van der Waals surface area contributed by atoms with Crippen LogP contribution in [0.5, 0.6) is 11.5 Å². The first-order chi connectivity index (χ1) is 14.5. The first-order valence-corrected chi connectivity index (χ1v) is 11.6. The number of rotatable bonds is 7. The second-order valence-corrected chi connectivity index (χ2v) is 9.07. The molecule has 6 nitrogen and oxygen atoms in total. The standard InChI is InChI=1S/C23H32N2O4S/c1-5-11-24-22(26)16-8-10-20-17(14-16)25(3)23(27)21(30-20)13-15-7-9-18(29-6-2)19(12-15)28-4/h7,9,12-13,16-17,20H,5-6,8,10-11,14H2,1-4H3,(H,24,26)/b21-13+. The van der Waals surface area contributed by atoms with E-state index < -0.39 is 0 Å². The molecular weight excluding hydrogens is 400 g/mol. The summed E-state index contributed by atoms with van der Waals surface area (Å²) in [6, 6.07) is 5.81. The van der Waals surface area contributed by atoms with Crippen LogP contribution in [-0.2, 0) is 9.59 Å². The highest BCUT2D eigenvalue weighted by Gasteiger charge is 2.42. The molecule has 1 heterocycles. The second-order valence-electron chi connectivity index (χ2n) is 7.79. The van der Waals surface area contributed by atoms with E-state index in [-0.39, 0.29) is 23.8 Å². The van der Waals surface area contributed by atoms with Crippen molar-refractivity contribution in [2.75, 3.05) is 27.3 Å². The molecule has 164 valence electrons. The Labute approximate surface area is 183 Å². The van der Waals surface area contributed by atoms with Crippen LogP contribution < -0.4 is 14.8 Å². The van der Waals surface area contributed by atoms with Crippen molar-refractivity contribution in [2.24, 2.45) is 5.92 Å². The molecular formula is C23H32N2O4S. The van der Waals surface area contributed by atoms with Gasteiger partial charge in [-0.1, -0.05) is 13.0 Å². The summed E-state index contributed by atoms with van der Waals surface area (Å²) in [6.45, 7) is 5.26. The summed E-state index contributed by atoms with van der Waals surface area (Å²) in [5.74, 6) is 1.49. The number of nitrogens with one attached hydrogen (secondary N) is 1. The van der Waals surface area contributed by atoms with Crippen molar-refractivity contribution in [2.45, 2.75) is 50.8 Å². The van der Waals surface area contributed by atoms with Crippen molar-refractivity contribution < 1.29 is 19.1 Å². The molecule has 0 spiro atoms. The minimum Gasteiger partial charge on any atom is -0.493 e. The molecule has 1 N–H and O–H groups in total. The van der Waals surface area contributed by atoms with Gasteiger partial charge in [-0.3, -0.25) is 9.59 Å². The SMILES string of the molecule is CCCNC(=O)C1CCC2S/C(=C/c3ccc(OCC)c(OC)c3)C(=O)N(C)C2C1. The average molecular weight is 433 g/mol. The molecule has 1 aromatic rings. The molecule has 3 unspecified atom stereocenters. The van der Waals surface area contributed by atoms with Gasteiger partial charge >= 0.3 is 0 Å². The van der Waals surface area contributed by atoms with Crippen molar-refractivity contribution in [3.63, 3.8) is 0 Å². The molecule has 3 atom stereocenters. The van der Waals surface area contributed by atoms with Gasteiger partial charge in [0.2, 0.25) is 5.91 Å². The quantitative estimate of drug-likeness (QED) is 0.666. The lowest BCUT2D eigenvalue weighted by atomic mass is 9.83. The molecule has 1 aromatic carbocycles. The lowest BCUT2D eigenvalue weighted by Gasteiger charge is -2.44. The zero-order valence-corrected chi connectivity index (χ0v) is 19.1. The third-order valence-corrected chi connectivity index (χ3v) is 7.17. The highest BCUT2D eigenvalue weighted by Crippen LogP contribution is 2.43. The summed E-state index contributed by atoms with van der Waals surface area (Å²) in [7, 11) is 3.47. The third kappa shape index (κ3) is 4.94. The average Bonchev–Trinajstić information content (AvgIpc) is 2.76. The van der Waals surface area contributed by atoms with Crippen molar-refractivity contribution in [3.8, 4) is 11.5 Å². The molecule has 1 aliphatic heterocycles. The van der Waals surface area contributed by atoms with E-state index >= 15 is 0 Å². The predicted octanol–water partition coefficient (Wildman–Crippen LogP) is 3.70. The minimum absolute atomic E-state index is 0.00505. The molecule has 1 saturated carbocycles. The van der Waals surface area contributed by atoms with Crippen molar-refractivity contribution in [1.82, 2.24) is 10.2 Å². The summed E-state index contributed by atoms with van der Waals surface area (Å²) in [5, 5.41) is 3.33. The van der Waals surface area contributed by atoms with Crippen LogP contribution in [0.2, 0.25) is 0 Å². The predicted molar refractivity (Wildman–Crippen MR) is 121 cm³/mol. The van der Waals surface area contributed by atoms with Gasteiger partial charge in [-0.05, 0) is 56.4 Å². The number of methoxy groups -OCH3 is 1. The number of likely N-dealkylation sites (N-methyl/N-ethyl adjacent to an activating group) is 1. The largest absolute Gasteiger partial charge is 0.493 e. The molecule has 1 saturated heterocycles. The third-order valence-electron chi connectivity index (χ3n) is 5.77.